The molecule has 2 unspecified atom stereocenters. The Morgan fingerprint density at radius 2 is 1.87 bits per heavy atom. The highest BCUT2D eigenvalue weighted by Gasteiger charge is 2.07. The lowest BCUT2D eigenvalue weighted by molar-refractivity contribution is 0.113. The van der Waals surface area contributed by atoms with Gasteiger partial charge in [0.25, 0.3) is 0 Å². The van der Waals surface area contributed by atoms with E-state index in [0.717, 1.165) is 5.75 Å². The summed E-state index contributed by atoms with van der Waals surface area (Å²) >= 11 is 1.68. The van der Waals surface area contributed by atoms with E-state index in [0.29, 0.717) is 11.7 Å². The highest BCUT2D eigenvalue weighted by atomic mass is 32.2. The number of thioether (sulfide) groups is 1. The molecule has 0 aromatic heterocycles. The Hall–Kier alpha value is -0.510. The average molecular weight is 226 g/mol. The molecule has 0 fully saturated rings. The van der Waals surface area contributed by atoms with Gasteiger partial charge < -0.3 is 10.2 Å². The van der Waals surface area contributed by atoms with Crippen molar-refractivity contribution in [3.63, 3.8) is 0 Å². The normalized spacial score (nSPS) is 14.9. The zero-order valence-corrected chi connectivity index (χ0v) is 9.78. The Labute approximate surface area is 95.3 Å². The van der Waals surface area contributed by atoms with Crippen molar-refractivity contribution in [3.8, 4) is 0 Å². The van der Waals surface area contributed by atoms with Gasteiger partial charge >= 0.3 is 0 Å². The molecule has 0 aliphatic heterocycles. The van der Waals surface area contributed by atoms with E-state index >= 15 is 0 Å². The number of hydrogen-bond acceptors (Lipinski definition) is 3. The van der Waals surface area contributed by atoms with E-state index in [9.17, 15) is 5.11 Å². The van der Waals surface area contributed by atoms with Gasteiger partial charge in [-0.15, -0.1) is 0 Å². The smallest absolute Gasteiger partial charge is 0.0861 e. The van der Waals surface area contributed by atoms with Crippen LogP contribution in [0.15, 0.2) is 30.3 Å². The van der Waals surface area contributed by atoms with Crippen LogP contribution in [-0.4, -0.2) is 34.4 Å². The van der Waals surface area contributed by atoms with E-state index in [1.807, 2.05) is 18.2 Å². The number of aliphatic hydroxyl groups is 2. The Morgan fingerprint density at radius 3 is 2.47 bits per heavy atom. The lowest BCUT2D eigenvalue weighted by Crippen LogP contribution is -2.15. The molecule has 1 rings (SSSR count). The Kier molecular flexibility index (Phi) is 5.76. The molecule has 15 heavy (non-hydrogen) atoms. The summed E-state index contributed by atoms with van der Waals surface area (Å²) in [5.74, 6) is 2.07. The highest BCUT2D eigenvalue weighted by molar-refractivity contribution is 7.99. The van der Waals surface area contributed by atoms with E-state index in [4.69, 9.17) is 5.11 Å². The molecule has 84 valence electrons. The standard InChI is InChI=1S/C12H18O2S/c1-10(8-15-9-12(14)7-13)11-5-3-2-4-6-11/h2-6,10,12-14H,7-9H2,1H3. The molecule has 1 aromatic carbocycles. The predicted molar refractivity (Wildman–Crippen MR) is 65.3 cm³/mol. The van der Waals surface area contributed by atoms with Crippen molar-refractivity contribution in [1.29, 1.82) is 0 Å². The summed E-state index contributed by atoms with van der Waals surface area (Å²) < 4.78 is 0. The molecule has 0 amide bonds. The first-order chi connectivity index (χ1) is 7.24. The van der Waals surface area contributed by atoms with Gasteiger partial charge in [-0.1, -0.05) is 37.3 Å². The van der Waals surface area contributed by atoms with Gasteiger partial charge in [-0.2, -0.15) is 11.8 Å². The van der Waals surface area contributed by atoms with Crippen LogP contribution in [0.1, 0.15) is 18.4 Å². The summed E-state index contributed by atoms with van der Waals surface area (Å²) in [7, 11) is 0. The molecule has 3 heteroatoms. The minimum Gasteiger partial charge on any atom is -0.394 e. The molecule has 0 saturated carbocycles. The van der Waals surface area contributed by atoms with E-state index in [2.05, 4.69) is 19.1 Å². The highest BCUT2D eigenvalue weighted by Crippen LogP contribution is 2.20. The summed E-state index contributed by atoms with van der Waals surface area (Å²) in [5, 5.41) is 17.8. The van der Waals surface area contributed by atoms with E-state index in [1.54, 1.807) is 11.8 Å². The largest absolute Gasteiger partial charge is 0.394 e. The number of benzene rings is 1. The summed E-state index contributed by atoms with van der Waals surface area (Å²) in [6.45, 7) is 2.03. The van der Waals surface area contributed by atoms with Crippen molar-refractivity contribution in [1.82, 2.24) is 0 Å². The first-order valence-corrected chi connectivity index (χ1v) is 6.31. The number of rotatable bonds is 6. The molecule has 0 aliphatic rings. The van der Waals surface area contributed by atoms with Gasteiger partial charge in [0.1, 0.15) is 0 Å². The van der Waals surface area contributed by atoms with Crippen LogP contribution >= 0.6 is 11.8 Å². The van der Waals surface area contributed by atoms with Gasteiger partial charge in [-0.25, -0.2) is 0 Å². The van der Waals surface area contributed by atoms with E-state index < -0.39 is 6.10 Å². The van der Waals surface area contributed by atoms with E-state index in [1.165, 1.54) is 5.56 Å². The molecule has 2 N–H and O–H groups in total. The van der Waals surface area contributed by atoms with Crippen LogP contribution in [0.3, 0.4) is 0 Å². The van der Waals surface area contributed by atoms with Gasteiger partial charge in [-0.3, -0.25) is 0 Å². The molecule has 0 saturated heterocycles. The number of hydrogen-bond donors (Lipinski definition) is 2. The molecule has 1 aromatic rings. The fourth-order valence-electron chi connectivity index (χ4n) is 1.31. The van der Waals surface area contributed by atoms with Crippen molar-refractivity contribution < 1.29 is 10.2 Å². The van der Waals surface area contributed by atoms with Crippen LogP contribution in [0.25, 0.3) is 0 Å². The fourth-order valence-corrected chi connectivity index (χ4v) is 2.37. The lowest BCUT2D eigenvalue weighted by Gasteiger charge is -2.12. The van der Waals surface area contributed by atoms with Crippen molar-refractivity contribution in [2.75, 3.05) is 18.1 Å². The van der Waals surface area contributed by atoms with Crippen LogP contribution in [0, 0.1) is 0 Å². The third kappa shape index (κ3) is 4.69. The molecule has 0 bridgehead atoms. The van der Waals surface area contributed by atoms with Gasteiger partial charge in [0.15, 0.2) is 0 Å². The SMILES string of the molecule is CC(CSCC(O)CO)c1ccccc1. The van der Waals surface area contributed by atoms with Gasteiger partial charge in [0.2, 0.25) is 0 Å². The fraction of sp³-hybridized carbons (Fsp3) is 0.500. The third-order valence-electron chi connectivity index (χ3n) is 2.26. The van der Waals surface area contributed by atoms with Crippen LogP contribution in [0.4, 0.5) is 0 Å². The zero-order valence-electron chi connectivity index (χ0n) is 8.97. The van der Waals surface area contributed by atoms with E-state index in [-0.39, 0.29) is 6.61 Å². The van der Waals surface area contributed by atoms with Gasteiger partial charge in [-0.05, 0) is 17.2 Å². The average Bonchev–Trinajstić information content (AvgIpc) is 2.29. The third-order valence-corrected chi connectivity index (χ3v) is 3.61. The van der Waals surface area contributed by atoms with Crippen LogP contribution in [0.5, 0.6) is 0 Å². The number of aliphatic hydroxyl groups excluding tert-OH is 2. The second kappa shape index (κ2) is 6.88. The molecular formula is C12H18O2S. The minimum atomic E-state index is -0.585. The first kappa shape index (κ1) is 12.6. The lowest BCUT2D eigenvalue weighted by atomic mass is 10.0. The predicted octanol–water partition coefficient (Wildman–Crippen LogP) is 1.88. The minimum absolute atomic E-state index is 0.146. The van der Waals surface area contributed by atoms with Gasteiger partial charge in [0, 0.05) is 5.75 Å². The topological polar surface area (TPSA) is 40.5 Å². The maximum atomic E-state index is 9.17. The molecule has 0 radical (unpaired) electrons. The van der Waals surface area contributed by atoms with Gasteiger partial charge in [0.05, 0.1) is 12.7 Å². The summed E-state index contributed by atoms with van der Waals surface area (Å²) in [5.41, 5.74) is 1.32. The molecule has 2 atom stereocenters. The quantitative estimate of drug-likeness (QED) is 0.778. The Morgan fingerprint density at radius 1 is 1.20 bits per heavy atom. The second-order valence-corrected chi connectivity index (χ2v) is 4.76. The summed E-state index contributed by atoms with van der Waals surface area (Å²) in [6.07, 6.45) is -0.585. The molecule has 0 heterocycles. The molecule has 0 spiro atoms. The molecule has 0 aliphatic carbocycles. The Balaban J connectivity index is 2.28. The second-order valence-electron chi connectivity index (χ2n) is 3.69. The Bertz CT molecular complexity index is 264. The van der Waals surface area contributed by atoms with Crippen molar-refractivity contribution >= 4 is 11.8 Å². The van der Waals surface area contributed by atoms with Crippen molar-refractivity contribution in [2.45, 2.75) is 18.9 Å². The van der Waals surface area contributed by atoms with Crippen molar-refractivity contribution in [2.24, 2.45) is 0 Å². The maximum Gasteiger partial charge on any atom is 0.0861 e. The monoisotopic (exact) mass is 226 g/mol. The van der Waals surface area contributed by atoms with Crippen LogP contribution in [0.2, 0.25) is 0 Å². The summed E-state index contributed by atoms with van der Waals surface area (Å²) in [6, 6.07) is 10.3. The van der Waals surface area contributed by atoms with Crippen LogP contribution in [-0.2, 0) is 0 Å². The molecule has 2 nitrogen and oxygen atoms in total. The first-order valence-electron chi connectivity index (χ1n) is 5.15. The maximum absolute atomic E-state index is 9.17. The van der Waals surface area contributed by atoms with Crippen molar-refractivity contribution in [3.05, 3.63) is 35.9 Å². The molecular weight excluding hydrogens is 208 g/mol. The zero-order chi connectivity index (χ0) is 11.1. The van der Waals surface area contributed by atoms with Crippen LogP contribution < -0.4 is 0 Å². The summed E-state index contributed by atoms with van der Waals surface area (Å²) in [4.78, 5) is 0.